The summed E-state index contributed by atoms with van der Waals surface area (Å²) in [6.07, 6.45) is 0. The molecule has 0 aliphatic heterocycles. The van der Waals surface area contributed by atoms with Crippen molar-refractivity contribution in [3.63, 3.8) is 0 Å². The van der Waals surface area contributed by atoms with Crippen molar-refractivity contribution in [3.05, 3.63) is 68.9 Å². The van der Waals surface area contributed by atoms with E-state index in [1.807, 2.05) is 24.3 Å². The van der Waals surface area contributed by atoms with Crippen molar-refractivity contribution < 1.29 is 4.79 Å². The van der Waals surface area contributed by atoms with Gasteiger partial charge in [-0.25, -0.2) is 4.98 Å². The van der Waals surface area contributed by atoms with Crippen LogP contribution in [0, 0.1) is 13.8 Å². The first kappa shape index (κ1) is 16.8. The largest absolute Gasteiger partial charge is 0.338 e. The Bertz CT molecular complexity index is 1070. The molecular formula is C20H16ClN3OS. The third-order valence-corrected chi connectivity index (χ3v) is 5.54. The summed E-state index contributed by atoms with van der Waals surface area (Å²) < 4.78 is 0.598. The molecule has 26 heavy (non-hydrogen) atoms. The minimum Gasteiger partial charge on any atom is -0.338 e. The van der Waals surface area contributed by atoms with Gasteiger partial charge in [-0.2, -0.15) is 0 Å². The summed E-state index contributed by atoms with van der Waals surface area (Å²) in [5, 5.41) is 2.87. The van der Waals surface area contributed by atoms with Crippen LogP contribution in [0.4, 0.5) is 5.69 Å². The maximum atomic E-state index is 12.2. The highest BCUT2D eigenvalue weighted by Gasteiger charge is 2.10. The molecule has 0 saturated carbocycles. The zero-order valence-electron chi connectivity index (χ0n) is 14.3. The van der Waals surface area contributed by atoms with Crippen molar-refractivity contribution in [1.29, 1.82) is 0 Å². The Morgan fingerprint density at radius 3 is 2.50 bits per heavy atom. The van der Waals surface area contributed by atoms with Gasteiger partial charge in [0.15, 0.2) is 0 Å². The lowest BCUT2D eigenvalue weighted by Crippen LogP contribution is -2.09. The molecule has 0 unspecified atom stereocenters. The molecule has 2 N–H and O–H groups in total. The number of rotatable bonds is 3. The predicted molar refractivity (Wildman–Crippen MR) is 108 cm³/mol. The highest BCUT2D eigenvalue weighted by molar-refractivity contribution is 7.18. The standard InChI is InChI=1S/C20H16ClN3OS/c1-11-9-15-16(10-12(11)2)24-19(23-15)13-3-5-14(6-4-13)22-20(25)17-7-8-18(21)26-17/h3-10H,1-2H3,(H,22,25)(H,23,24). The average molecular weight is 382 g/mol. The number of thiophene rings is 1. The molecule has 0 saturated heterocycles. The van der Waals surface area contributed by atoms with Gasteiger partial charge in [0, 0.05) is 11.3 Å². The number of hydrogen-bond donors (Lipinski definition) is 2. The number of carbonyl (C=O) groups excluding carboxylic acids is 1. The lowest BCUT2D eigenvalue weighted by Gasteiger charge is -2.04. The third-order valence-electron chi connectivity index (χ3n) is 4.31. The molecule has 4 rings (SSSR count). The number of benzene rings is 2. The van der Waals surface area contributed by atoms with E-state index in [-0.39, 0.29) is 5.91 Å². The molecule has 0 bridgehead atoms. The molecule has 2 aromatic carbocycles. The molecule has 0 atom stereocenters. The number of aromatic amines is 1. The first-order chi connectivity index (χ1) is 12.5. The van der Waals surface area contributed by atoms with Gasteiger partial charge >= 0.3 is 0 Å². The number of nitrogens with zero attached hydrogens (tertiary/aromatic N) is 1. The molecular weight excluding hydrogens is 366 g/mol. The van der Waals surface area contributed by atoms with E-state index in [0.29, 0.717) is 9.21 Å². The SMILES string of the molecule is Cc1cc2nc(-c3ccc(NC(=O)c4ccc(Cl)s4)cc3)[nH]c2cc1C. The van der Waals surface area contributed by atoms with Crippen LogP contribution in [0.5, 0.6) is 0 Å². The maximum Gasteiger partial charge on any atom is 0.265 e. The summed E-state index contributed by atoms with van der Waals surface area (Å²) in [7, 11) is 0. The summed E-state index contributed by atoms with van der Waals surface area (Å²) in [6, 6.07) is 15.2. The van der Waals surface area contributed by atoms with E-state index in [9.17, 15) is 4.79 Å². The van der Waals surface area contributed by atoms with Gasteiger partial charge in [0.05, 0.1) is 20.2 Å². The summed E-state index contributed by atoms with van der Waals surface area (Å²) in [5.41, 5.74) is 6.13. The van der Waals surface area contributed by atoms with Crippen molar-refractivity contribution in [2.45, 2.75) is 13.8 Å². The Morgan fingerprint density at radius 2 is 1.81 bits per heavy atom. The summed E-state index contributed by atoms with van der Waals surface area (Å²) >= 11 is 7.14. The summed E-state index contributed by atoms with van der Waals surface area (Å²) in [6.45, 7) is 4.18. The Balaban J connectivity index is 1.57. The van der Waals surface area contributed by atoms with Crippen LogP contribution < -0.4 is 5.32 Å². The van der Waals surface area contributed by atoms with E-state index in [2.05, 4.69) is 41.3 Å². The van der Waals surface area contributed by atoms with Gasteiger partial charge in [-0.15, -0.1) is 11.3 Å². The van der Waals surface area contributed by atoms with E-state index >= 15 is 0 Å². The Kier molecular flexibility index (Phi) is 4.26. The van der Waals surface area contributed by atoms with Crippen LogP contribution in [0.25, 0.3) is 22.4 Å². The van der Waals surface area contributed by atoms with Crippen LogP contribution in [-0.2, 0) is 0 Å². The summed E-state index contributed by atoms with van der Waals surface area (Å²) in [5.74, 6) is 0.650. The number of hydrogen-bond acceptors (Lipinski definition) is 3. The minimum absolute atomic E-state index is 0.163. The molecule has 0 spiro atoms. The fraction of sp³-hybridized carbons (Fsp3) is 0.100. The van der Waals surface area contributed by atoms with E-state index in [0.717, 1.165) is 28.1 Å². The lowest BCUT2D eigenvalue weighted by atomic mass is 10.1. The molecule has 4 aromatic rings. The fourth-order valence-electron chi connectivity index (χ4n) is 2.75. The van der Waals surface area contributed by atoms with Crippen molar-refractivity contribution in [2.75, 3.05) is 5.32 Å². The molecule has 0 fully saturated rings. The Morgan fingerprint density at radius 1 is 1.08 bits per heavy atom. The second-order valence-electron chi connectivity index (χ2n) is 6.17. The average Bonchev–Trinajstić information content (AvgIpc) is 3.22. The molecule has 2 aromatic heterocycles. The van der Waals surface area contributed by atoms with Gasteiger partial charge in [0.25, 0.3) is 5.91 Å². The molecule has 130 valence electrons. The van der Waals surface area contributed by atoms with Crippen molar-refractivity contribution in [3.8, 4) is 11.4 Å². The zero-order chi connectivity index (χ0) is 18.3. The van der Waals surface area contributed by atoms with E-state index in [1.54, 1.807) is 12.1 Å². The summed E-state index contributed by atoms with van der Waals surface area (Å²) in [4.78, 5) is 20.8. The number of fused-ring (bicyclic) bond motifs is 1. The Hall–Kier alpha value is -2.63. The molecule has 6 heteroatoms. The first-order valence-corrected chi connectivity index (χ1v) is 9.33. The van der Waals surface area contributed by atoms with Gasteiger partial charge in [0.2, 0.25) is 0 Å². The fourth-order valence-corrected chi connectivity index (χ4v) is 3.69. The van der Waals surface area contributed by atoms with Crippen LogP contribution in [0.2, 0.25) is 4.34 Å². The van der Waals surface area contributed by atoms with E-state index in [4.69, 9.17) is 11.6 Å². The van der Waals surface area contributed by atoms with Gasteiger partial charge in [-0.05, 0) is 73.5 Å². The van der Waals surface area contributed by atoms with Gasteiger partial charge in [-0.3, -0.25) is 4.79 Å². The second kappa shape index (κ2) is 6.59. The highest BCUT2D eigenvalue weighted by atomic mass is 35.5. The number of imidazole rings is 1. The predicted octanol–water partition coefficient (Wildman–Crippen LogP) is 5.81. The molecule has 0 aliphatic rings. The topological polar surface area (TPSA) is 57.8 Å². The number of carbonyl (C=O) groups is 1. The monoisotopic (exact) mass is 381 g/mol. The van der Waals surface area contributed by atoms with E-state index in [1.165, 1.54) is 22.5 Å². The third kappa shape index (κ3) is 3.23. The molecule has 2 heterocycles. The van der Waals surface area contributed by atoms with E-state index < -0.39 is 0 Å². The van der Waals surface area contributed by atoms with Gasteiger partial charge in [0.1, 0.15) is 5.82 Å². The number of H-pyrrole nitrogens is 1. The minimum atomic E-state index is -0.163. The number of nitrogens with one attached hydrogen (secondary N) is 2. The highest BCUT2D eigenvalue weighted by Crippen LogP contribution is 2.25. The second-order valence-corrected chi connectivity index (χ2v) is 7.89. The van der Waals surface area contributed by atoms with Crippen LogP contribution in [0.15, 0.2) is 48.5 Å². The zero-order valence-corrected chi connectivity index (χ0v) is 15.8. The Labute approximate surface area is 159 Å². The first-order valence-electron chi connectivity index (χ1n) is 8.14. The van der Waals surface area contributed by atoms with Gasteiger partial charge < -0.3 is 10.3 Å². The normalized spacial score (nSPS) is 11.0. The lowest BCUT2D eigenvalue weighted by molar-refractivity contribution is 0.103. The van der Waals surface area contributed by atoms with Crippen LogP contribution in [0.1, 0.15) is 20.8 Å². The van der Waals surface area contributed by atoms with Crippen LogP contribution in [-0.4, -0.2) is 15.9 Å². The number of amides is 1. The molecule has 0 radical (unpaired) electrons. The van der Waals surface area contributed by atoms with Crippen LogP contribution >= 0.6 is 22.9 Å². The quantitative estimate of drug-likeness (QED) is 0.470. The molecule has 0 aliphatic carbocycles. The number of aromatic nitrogens is 2. The van der Waals surface area contributed by atoms with Crippen molar-refractivity contribution in [1.82, 2.24) is 9.97 Å². The molecule has 1 amide bonds. The smallest absolute Gasteiger partial charge is 0.265 e. The van der Waals surface area contributed by atoms with Gasteiger partial charge in [-0.1, -0.05) is 11.6 Å². The molecule has 4 nitrogen and oxygen atoms in total. The van der Waals surface area contributed by atoms with Crippen molar-refractivity contribution in [2.24, 2.45) is 0 Å². The number of halogens is 1. The van der Waals surface area contributed by atoms with Crippen LogP contribution in [0.3, 0.4) is 0 Å². The van der Waals surface area contributed by atoms with Crippen molar-refractivity contribution >= 4 is 45.6 Å². The number of anilines is 1. The number of aryl methyl sites for hydroxylation is 2. The maximum absolute atomic E-state index is 12.2.